The molecule has 38 heavy (non-hydrogen) atoms. The number of fused-ring (bicyclic) bond motifs is 1. The van der Waals surface area contributed by atoms with Crippen LogP contribution < -0.4 is 14.8 Å². The number of carbonyl (C=O) groups excluding carboxylic acids is 2. The van der Waals surface area contributed by atoms with Crippen LogP contribution in [-0.4, -0.2) is 30.6 Å². The van der Waals surface area contributed by atoms with E-state index in [1.165, 1.54) is 0 Å². The molecule has 0 atom stereocenters. The Balaban J connectivity index is 1.15. The number of carbonyl (C=O) groups is 2. The Kier molecular flexibility index (Phi) is 6.34. The van der Waals surface area contributed by atoms with Crippen LogP contribution in [0.25, 0.3) is 11.1 Å². The Morgan fingerprint density at radius 3 is 2.42 bits per heavy atom. The van der Waals surface area contributed by atoms with E-state index in [1.54, 1.807) is 0 Å². The van der Waals surface area contributed by atoms with Crippen molar-refractivity contribution in [1.82, 2.24) is 4.90 Å². The van der Waals surface area contributed by atoms with Gasteiger partial charge in [0.05, 0.1) is 5.41 Å². The molecule has 1 aliphatic heterocycles. The number of nitrogens with one attached hydrogen (secondary N) is 1. The van der Waals surface area contributed by atoms with Gasteiger partial charge in [-0.2, -0.15) is 0 Å². The highest BCUT2D eigenvalue weighted by molar-refractivity contribution is 6.02. The Bertz CT molecular complexity index is 1370. The van der Waals surface area contributed by atoms with E-state index in [1.807, 2.05) is 48.3 Å². The molecule has 6 heteroatoms. The SMILES string of the molecule is Cc1ccc(NC(=O)C2(c3ccc4c(c3)OCO4)CC2)cc1-c1ccc(CN(C)C(=O)C2CCCC2)cc1. The van der Waals surface area contributed by atoms with E-state index in [4.69, 9.17) is 9.47 Å². The van der Waals surface area contributed by atoms with Crippen LogP contribution in [0.1, 0.15) is 55.2 Å². The van der Waals surface area contributed by atoms with Crippen LogP contribution in [0, 0.1) is 12.8 Å². The average Bonchev–Trinajstić information content (AvgIpc) is 3.32. The van der Waals surface area contributed by atoms with Crippen LogP contribution in [-0.2, 0) is 21.5 Å². The van der Waals surface area contributed by atoms with Crippen LogP contribution in [0.15, 0.2) is 60.7 Å². The van der Waals surface area contributed by atoms with Crippen molar-refractivity contribution in [3.8, 4) is 22.6 Å². The first-order valence-electron chi connectivity index (χ1n) is 13.6. The fraction of sp³-hybridized carbons (Fsp3) is 0.375. The second kappa shape index (κ2) is 9.82. The number of hydrogen-bond acceptors (Lipinski definition) is 4. The van der Waals surface area contributed by atoms with Crippen LogP contribution >= 0.6 is 0 Å². The Labute approximate surface area is 223 Å². The van der Waals surface area contributed by atoms with Crippen molar-refractivity contribution in [2.75, 3.05) is 19.2 Å². The molecule has 6 rings (SSSR count). The van der Waals surface area contributed by atoms with Gasteiger partial charge in [-0.25, -0.2) is 0 Å². The zero-order chi connectivity index (χ0) is 26.3. The number of benzene rings is 3. The molecule has 2 amide bonds. The van der Waals surface area contributed by atoms with Crippen molar-refractivity contribution in [2.24, 2.45) is 5.92 Å². The van der Waals surface area contributed by atoms with Crippen molar-refractivity contribution in [2.45, 2.75) is 57.4 Å². The first kappa shape index (κ1) is 24.5. The number of aryl methyl sites for hydroxylation is 1. The molecule has 3 aromatic carbocycles. The molecule has 0 bridgehead atoms. The standard InChI is InChI=1S/C32H34N2O4/c1-21-7-13-26(33-31(36)32(15-16-32)25-12-14-28-29(17-25)38-20-37-28)18-27(21)23-10-8-22(9-11-23)19-34(2)30(35)24-5-3-4-6-24/h7-14,17-18,24H,3-6,15-16,19-20H2,1-2H3,(H,33,36). The lowest BCUT2D eigenvalue weighted by Crippen LogP contribution is -2.31. The fourth-order valence-corrected chi connectivity index (χ4v) is 5.85. The van der Waals surface area contributed by atoms with E-state index in [9.17, 15) is 9.59 Å². The number of hydrogen-bond donors (Lipinski definition) is 1. The number of anilines is 1. The minimum atomic E-state index is -0.518. The third-order valence-electron chi connectivity index (χ3n) is 8.37. The lowest BCUT2D eigenvalue weighted by molar-refractivity contribution is -0.134. The van der Waals surface area contributed by atoms with E-state index in [-0.39, 0.29) is 24.5 Å². The van der Waals surface area contributed by atoms with Gasteiger partial charge in [-0.1, -0.05) is 49.2 Å². The van der Waals surface area contributed by atoms with E-state index < -0.39 is 5.41 Å². The molecule has 6 nitrogen and oxygen atoms in total. The van der Waals surface area contributed by atoms with Gasteiger partial charge >= 0.3 is 0 Å². The molecule has 0 saturated heterocycles. The summed E-state index contributed by atoms with van der Waals surface area (Å²) in [6.45, 7) is 2.92. The monoisotopic (exact) mass is 510 g/mol. The van der Waals surface area contributed by atoms with E-state index >= 15 is 0 Å². The smallest absolute Gasteiger partial charge is 0.235 e. The number of ether oxygens (including phenoxy) is 2. The minimum absolute atomic E-state index is 0.0106. The van der Waals surface area contributed by atoms with Gasteiger partial charge in [-0.05, 0) is 84.7 Å². The molecular formula is C32H34N2O4. The normalized spacial score (nSPS) is 17.3. The molecule has 1 N–H and O–H groups in total. The van der Waals surface area contributed by atoms with E-state index in [2.05, 4.69) is 36.5 Å². The molecule has 2 fully saturated rings. The third-order valence-corrected chi connectivity index (χ3v) is 8.37. The summed E-state index contributed by atoms with van der Waals surface area (Å²) < 4.78 is 11.0. The highest BCUT2D eigenvalue weighted by atomic mass is 16.7. The minimum Gasteiger partial charge on any atom is -0.454 e. The highest BCUT2D eigenvalue weighted by Gasteiger charge is 2.51. The lowest BCUT2D eigenvalue weighted by Gasteiger charge is -2.21. The fourth-order valence-electron chi connectivity index (χ4n) is 5.85. The molecule has 0 radical (unpaired) electrons. The first-order chi connectivity index (χ1) is 18.4. The number of amides is 2. The molecule has 3 aliphatic rings. The highest BCUT2D eigenvalue weighted by Crippen LogP contribution is 2.51. The van der Waals surface area contributed by atoms with Gasteiger partial charge in [0.15, 0.2) is 11.5 Å². The molecular weight excluding hydrogens is 476 g/mol. The van der Waals surface area contributed by atoms with Crippen LogP contribution in [0.3, 0.4) is 0 Å². The van der Waals surface area contributed by atoms with Crippen LogP contribution in [0.2, 0.25) is 0 Å². The van der Waals surface area contributed by atoms with Gasteiger partial charge in [0.1, 0.15) is 0 Å². The number of rotatable bonds is 7. The van der Waals surface area contributed by atoms with Gasteiger partial charge in [0, 0.05) is 25.2 Å². The topological polar surface area (TPSA) is 67.9 Å². The van der Waals surface area contributed by atoms with E-state index in [0.29, 0.717) is 12.3 Å². The predicted octanol–water partition coefficient (Wildman–Crippen LogP) is 6.21. The Hall–Kier alpha value is -3.80. The molecule has 0 aromatic heterocycles. The van der Waals surface area contributed by atoms with Crippen LogP contribution in [0.4, 0.5) is 5.69 Å². The van der Waals surface area contributed by atoms with Gasteiger partial charge < -0.3 is 19.7 Å². The van der Waals surface area contributed by atoms with Crippen molar-refractivity contribution < 1.29 is 19.1 Å². The third kappa shape index (κ3) is 4.64. The average molecular weight is 511 g/mol. The lowest BCUT2D eigenvalue weighted by atomic mass is 9.94. The predicted molar refractivity (Wildman–Crippen MR) is 147 cm³/mol. The van der Waals surface area contributed by atoms with Gasteiger partial charge in [0.2, 0.25) is 18.6 Å². The van der Waals surface area contributed by atoms with Crippen LogP contribution in [0.5, 0.6) is 11.5 Å². The summed E-state index contributed by atoms with van der Waals surface area (Å²) in [6.07, 6.45) is 6.00. The molecule has 2 saturated carbocycles. The van der Waals surface area contributed by atoms with Crippen molar-refractivity contribution in [1.29, 1.82) is 0 Å². The molecule has 196 valence electrons. The maximum atomic E-state index is 13.4. The summed E-state index contributed by atoms with van der Waals surface area (Å²) >= 11 is 0. The second-order valence-corrected chi connectivity index (χ2v) is 11.0. The summed E-state index contributed by atoms with van der Waals surface area (Å²) in [6, 6.07) is 20.3. The Morgan fingerprint density at radius 2 is 1.68 bits per heavy atom. The van der Waals surface area contributed by atoms with E-state index in [0.717, 1.165) is 77.8 Å². The summed E-state index contributed by atoms with van der Waals surface area (Å²) in [5.41, 5.74) is 5.66. The maximum Gasteiger partial charge on any atom is 0.235 e. The summed E-state index contributed by atoms with van der Waals surface area (Å²) in [7, 11) is 1.90. The summed E-state index contributed by atoms with van der Waals surface area (Å²) in [5, 5.41) is 3.17. The quantitative estimate of drug-likeness (QED) is 0.410. The Morgan fingerprint density at radius 1 is 0.947 bits per heavy atom. The van der Waals surface area contributed by atoms with Gasteiger partial charge in [0.25, 0.3) is 0 Å². The van der Waals surface area contributed by atoms with Gasteiger partial charge in [-0.3, -0.25) is 9.59 Å². The largest absolute Gasteiger partial charge is 0.454 e. The zero-order valence-electron chi connectivity index (χ0n) is 22.1. The van der Waals surface area contributed by atoms with Crippen molar-refractivity contribution in [3.63, 3.8) is 0 Å². The zero-order valence-corrected chi connectivity index (χ0v) is 22.1. The molecule has 0 spiro atoms. The summed E-state index contributed by atoms with van der Waals surface area (Å²) in [4.78, 5) is 28.0. The van der Waals surface area contributed by atoms with Gasteiger partial charge in [-0.15, -0.1) is 0 Å². The number of nitrogens with zero attached hydrogens (tertiary/aromatic N) is 1. The molecule has 2 aliphatic carbocycles. The molecule has 3 aromatic rings. The summed E-state index contributed by atoms with van der Waals surface area (Å²) in [5.74, 6) is 1.90. The maximum absolute atomic E-state index is 13.4. The molecule has 0 unspecified atom stereocenters. The van der Waals surface area contributed by atoms with Crippen molar-refractivity contribution >= 4 is 17.5 Å². The molecule has 1 heterocycles. The second-order valence-electron chi connectivity index (χ2n) is 11.0. The first-order valence-corrected chi connectivity index (χ1v) is 13.6. The van der Waals surface area contributed by atoms with Crippen molar-refractivity contribution in [3.05, 3.63) is 77.4 Å².